The lowest BCUT2D eigenvalue weighted by molar-refractivity contribution is 0.431. The minimum Gasteiger partial charge on any atom is -0.203 e. The van der Waals surface area contributed by atoms with Crippen LogP contribution in [0.1, 0.15) is 17.5 Å². The predicted molar refractivity (Wildman–Crippen MR) is 49.5 cm³/mol. The van der Waals surface area contributed by atoms with Gasteiger partial charge in [-0.05, 0) is 19.8 Å². The zero-order valence-corrected chi connectivity index (χ0v) is 8.21. The largest absolute Gasteiger partial charge is 0.203 e. The summed E-state index contributed by atoms with van der Waals surface area (Å²) in [5.74, 6) is -5.28. The van der Waals surface area contributed by atoms with Gasteiger partial charge in [-0.1, -0.05) is 6.08 Å². The molecule has 0 aliphatic heterocycles. The third-order valence-corrected chi connectivity index (χ3v) is 2.17. The van der Waals surface area contributed by atoms with Gasteiger partial charge in [0.2, 0.25) is 0 Å². The summed E-state index contributed by atoms with van der Waals surface area (Å²) in [6, 6.07) is 0. The molecule has 0 nitrogen and oxygen atoms in total. The van der Waals surface area contributed by atoms with Gasteiger partial charge >= 0.3 is 0 Å². The number of hydrogen-bond donors (Lipinski definition) is 0. The fraction of sp³-hybridized carbons (Fsp3) is 0.273. The molecule has 0 aliphatic rings. The van der Waals surface area contributed by atoms with Gasteiger partial charge in [0.25, 0.3) is 0 Å². The van der Waals surface area contributed by atoms with Gasteiger partial charge in [-0.2, -0.15) is 0 Å². The topological polar surface area (TPSA) is 0 Å². The Morgan fingerprint density at radius 1 is 1.00 bits per heavy atom. The first kappa shape index (κ1) is 11.8. The Kier molecular flexibility index (Phi) is 3.50. The molecule has 1 rings (SSSR count). The van der Waals surface area contributed by atoms with Crippen LogP contribution in [-0.4, -0.2) is 0 Å². The molecule has 15 heavy (non-hydrogen) atoms. The summed E-state index contributed by atoms with van der Waals surface area (Å²) in [6.45, 7) is 4.36. The fourth-order valence-electron chi connectivity index (χ4n) is 1.25. The molecule has 1 aromatic carbocycles. The molecule has 0 aromatic heterocycles. The van der Waals surface area contributed by atoms with Gasteiger partial charge in [0.05, 0.1) is 0 Å². The number of benzene rings is 1. The Labute approximate surface area is 85.2 Å². The molecule has 0 heterocycles. The van der Waals surface area contributed by atoms with E-state index in [2.05, 4.69) is 6.58 Å². The summed E-state index contributed by atoms with van der Waals surface area (Å²) >= 11 is 0. The van der Waals surface area contributed by atoms with Crippen molar-refractivity contribution < 1.29 is 17.6 Å². The van der Waals surface area contributed by atoms with Gasteiger partial charge in [-0.25, -0.2) is 17.6 Å². The summed E-state index contributed by atoms with van der Waals surface area (Å²) in [7, 11) is 0. The monoisotopic (exact) mass is 218 g/mol. The van der Waals surface area contributed by atoms with Crippen LogP contribution >= 0.6 is 0 Å². The van der Waals surface area contributed by atoms with Gasteiger partial charge in [0.1, 0.15) is 0 Å². The standard InChI is InChI=1S/C11H10F4/c1-3-4-5-7-10(14)8(12)6(2)9(13)11(7)15/h3H,1,4-5H2,2H3. The van der Waals surface area contributed by atoms with E-state index in [4.69, 9.17) is 0 Å². The van der Waals surface area contributed by atoms with E-state index in [0.29, 0.717) is 0 Å². The number of halogens is 4. The van der Waals surface area contributed by atoms with Crippen molar-refractivity contribution in [2.45, 2.75) is 19.8 Å². The minimum atomic E-state index is -1.33. The molecule has 82 valence electrons. The molecule has 0 saturated carbocycles. The van der Waals surface area contributed by atoms with Crippen molar-refractivity contribution >= 4 is 0 Å². The van der Waals surface area contributed by atoms with Crippen LogP contribution in [0.5, 0.6) is 0 Å². The summed E-state index contributed by atoms with van der Waals surface area (Å²) in [5, 5.41) is 0. The quantitative estimate of drug-likeness (QED) is 0.412. The highest BCUT2D eigenvalue weighted by Gasteiger charge is 2.21. The molecule has 0 spiro atoms. The number of hydrogen-bond acceptors (Lipinski definition) is 0. The van der Waals surface area contributed by atoms with Crippen LogP contribution < -0.4 is 0 Å². The third-order valence-electron chi connectivity index (χ3n) is 2.17. The van der Waals surface area contributed by atoms with E-state index in [1.165, 1.54) is 6.08 Å². The zero-order chi connectivity index (χ0) is 11.6. The van der Waals surface area contributed by atoms with E-state index in [1.807, 2.05) is 0 Å². The number of allylic oxidation sites excluding steroid dienone is 1. The van der Waals surface area contributed by atoms with Crippen LogP contribution in [0.25, 0.3) is 0 Å². The van der Waals surface area contributed by atoms with E-state index in [0.717, 1.165) is 6.92 Å². The van der Waals surface area contributed by atoms with Gasteiger partial charge in [-0.3, -0.25) is 0 Å². The van der Waals surface area contributed by atoms with Crippen molar-refractivity contribution in [3.05, 3.63) is 47.1 Å². The Bertz CT molecular complexity index is 367. The molecule has 4 heteroatoms. The van der Waals surface area contributed by atoms with Gasteiger partial charge < -0.3 is 0 Å². The maximum absolute atomic E-state index is 13.2. The maximum Gasteiger partial charge on any atom is 0.165 e. The van der Waals surface area contributed by atoms with Crippen molar-refractivity contribution in [2.24, 2.45) is 0 Å². The fourth-order valence-corrected chi connectivity index (χ4v) is 1.25. The molecular weight excluding hydrogens is 208 g/mol. The van der Waals surface area contributed by atoms with E-state index in [-0.39, 0.29) is 12.8 Å². The smallest absolute Gasteiger partial charge is 0.165 e. The second kappa shape index (κ2) is 4.47. The molecule has 0 N–H and O–H groups in total. The highest BCUT2D eigenvalue weighted by Crippen LogP contribution is 2.24. The molecular formula is C11H10F4. The van der Waals surface area contributed by atoms with Crippen LogP contribution in [0.15, 0.2) is 12.7 Å². The first-order valence-electron chi connectivity index (χ1n) is 4.43. The summed E-state index contributed by atoms with van der Waals surface area (Å²) in [5.41, 5.74) is -1.19. The van der Waals surface area contributed by atoms with Crippen LogP contribution in [-0.2, 0) is 6.42 Å². The normalized spacial score (nSPS) is 10.5. The van der Waals surface area contributed by atoms with Crippen LogP contribution in [0.3, 0.4) is 0 Å². The average Bonchev–Trinajstić information content (AvgIpc) is 2.24. The molecule has 0 unspecified atom stereocenters. The lowest BCUT2D eigenvalue weighted by atomic mass is 10.0. The first-order chi connectivity index (χ1) is 7.00. The van der Waals surface area contributed by atoms with Crippen molar-refractivity contribution in [1.29, 1.82) is 0 Å². The van der Waals surface area contributed by atoms with E-state index >= 15 is 0 Å². The Morgan fingerprint density at radius 3 is 1.87 bits per heavy atom. The Hall–Kier alpha value is -1.32. The first-order valence-corrected chi connectivity index (χ1v) is 4.43. The summed E-state index contributed by atoms with van der Waals surface area (Å²) in [4.78, 5) is 0. The summed E-state index contributed by atoms with van der Waals surface area (Å²) in [6.07, 6.45) is 1.58. The average molecular weight is 218 g/mol. The van der Waals surface area contributed by atoms with Gasteiger partial charge in [0.15, 0.2) is 23.3 Å². The lowest BCUT2D eigenvalue weighted by Gasteiger charge is -2.08. The van der Waals surface area contributed by atoms with E-state index < -0.39 is 34.4 Å². The molecule has 0 radical (unpaired) electrons. The maximum atomic E-state index is 13.2. The van der Waals surface area contributed by atoms with Crippen molar-refractivity contribution in [2.75, 3.05) is 0 Å². The van der Waals surface area contributed by atoms with Crippen LogP contribution in [0.2, 0.25) is 0 Å². The third kappa shape index (κ3) is 2.03. The second-order valence-electron chi connectivity index (χ2n) is 3.19. The highest BCUT2D eigenvalue weighted by molar-refractivity contribution is 5.29. The molecule has 1 aromatic rings. The predicted octanol–water partition coefficient (Wildman–Crippen LogP) is 3.67. The minimum absolute atomic E-state index is 0.102. The van der Waals surface area contributed by atoms with Crippen LogP contribution in [0.4, 0.5) is 17.6 Å². The van der Waals surface area contributed by atoms with E-state index in [1.54, 1.807) is 0 Å². The molecule has 0 bridgehead atoms. The zero-order valence-electron chi connectivity index (χ0n) is 8.21. The van der Waals surface area contributed by atoms with Crippen molar-refractivity contribution in [3.63, 3.8) is 0 Å². The van der Waals surface area contributed by atoms with Crippen molar-refractivity contribution in [1.82, 2.24) is 0 Å². The van der Waals surface area contributed by atoms with Crippen molar-refractivity contribution in [3.8, 4) is 0 Å². The van der Waals surface area contributed by atoms with Gasteiger partial charge in [0, 0.05) is 11.1 Å². The molecule has 0 fully saturated rings. The SMILES string of the molecule is C=CCCc1c(F)c(F)c(C)c(F)c1F. The Morgan fingerprint density at radius 2 is 1.47 bits per heavy atom. The molecule has 0 amide bonds. The molecule has 0 aliphatic carbocycles. The second-order valence-corrected chi connectivity index (χ2v) is 3.19. The summed E-state index contributed by atoms with van der Waals surface area (Å²) < 4.78 is 52.5. The molecule has 0 atom stereocenters. The lowest BCUT2D eigenvalue weighted by Crippen LogP contribution is -2.06. The highest BCUT2D eigenvalue weighted by atomic mass is 19.2. The number of rotatable bonds is 3. The Balaban J connectivity index is 3.31. The van der Waals surface area contributed by atoms with E-state index in [9.17, 15) is 17.6 Å². The van der Waals surface area contributed by atoms with Crippen LogP contribution in [0, 0.1) is 30.2 Å². The molecule has 0 saturated heterocycles. The van der Waals surface area contributed by atoms with Gasteiger partial charge in [-0.15, -0.1) is 6.58 Å².